The Morgan fingerprint density at radius 3 is 2.80 bits per heavy atom. The van der Waals surface area contributed by atoms with E-state index in [-0.39, 0.29) is 6.10 Å². The van der Waals surface area contributed by atoms with E-state index in [4.69, 9.17) is 11.6 Å². The van der Waals surface area contributed by atoms with Crippen LogP contribution in [0.4, 0.5) is 0 Å². The van der Waals surface area contributed by atoms with Gasteiger partial charge in [-0.1, -0.05) is 30.7 Å². The summed E-state index contributed by atoms with van der Waals surface area (Å²) in [5, 5.41) is 10.5. The van der Waals surface area contributed by atoms with Gasteiger partial charge in [0.05, 0.1) is 6.10 Å². The molecule has 0 aliphatic heterocycles. The first kappa shape index (κ1) is 12.9. The van der Waals surface area contributed by atoms with Crippen molar-refractivity contribution in [2.24, 2.45) is 0 Å². The average Bonchev–Trinajstić information content (AvgIpc) is 2.20. The van der Waals surface area contributed by atoms with Crippen molar-refractivity contribution in [2.75, 3.05) is 11.5 Å². The Kier molecular flexibility index (Phi) is 5.51. The van der Waals surface area contributed by atoms with Gasteiger partial charge in [-0.25, -0.2) is 0 Å². The number of aryl methyl sites for hydroxylation is 1. The number of rotatable bonds is 5. The molecular formula is C12H17ClOS. The highest BCUT2D eigenvalue weighted by Gasteiger charge is 2.06. The number of halogens is 1. The third kappa shape index (κ3) is 4.45. The van der Waals surface area contributed by atoms with Gasteiger partial charge in [0.15, 0.2) is 0 Å². The summed E-state index contributed by atoms with van der Waals surface area (Å²) < 4.78 is 0. The highest BCUT2D eigenvalue weighted by molar-refractivity contribution is 7.99. The zero-order valence-corrected chi connectivity index (χ0v) is 10.7. The lowest BCUT2D eigenvalue weighted by Crippen LogP contribution is -2.13. The summed E-state index contributed by atoms with van der Waals surface area (Å²) in [6, 6.07) is 5.92. The second kappa shape index (κ2) is 6.41. The maximum atomic E-state index is 9.74. The van der Waals surface area contributed by atoms with Crippen LogP contribution in [0.3, 0.4) is 0 Å². The zero-order valence-electron chi connectivity index (χ0n) is 9.16. The molecule has 84 valence electrons. The van der Waals surface area contributed by atoms with E-state index in [2.05, 4.69) is 6.92 Å². The molecule has 1 atom stereocenters. The quantitative estimate of drug-likeness (QED) is 0.858. The highest BCUT2D eigenvalue weighted by atomic mass is 35.5. The molecule has 1 aromatic carbocycles. The summed E-state index contributed by atoms with van der Waals surface area (Å²) in [5.74, 6) is 1.86. The summed E-state index contributed by atoms with van der Waals surface area (Å²) in [6.07, 6.45) is 0.459. The van der Waals surface area contributed by atoms with E-state index in [1.165, 1.54) is 0 Å². The molecule has 1 aromatic rings. The number of aliphatic hydroxyl groups is 1. The minimum absolute atomic E-state index is 0.254. The van der Waals surface area contributed by atoms with Gasteiger partial charge in [0, 0.05) is 10.8 Å². The van der Waals surface area contributed by atoms with E-state index < -0.39 is 0 Å². The first-order valence-electron chi connectivity index (χ1n) is 5.14. The molecule has 0 fully saturated rings. The molecule has 1 unspecified atom stereocenters. The van der Waals surface area contributed by atoms with Gasteiger partial charge in [-0.05, 0) is 36.3 Å². The van der Waals surface area contributed by atoms with Gasteiger partial charge in [-0.15, -0.1) is 0 Å². The van der Waals surface area contributed by atoms with Gasteiger partial charge in [0.2, 0.25) is 0 Å². The van der Waals surface area contributed by atoms with Crippen molar-refractivity contribution < 1.29 is 5.11 Å². The SMILES string of the molecule is CCSCC(O)Cc1ccc(Cl)c(C)c1. The monoisotopic (exact) mass is 244 g/mol. The molecule has 1 nitrogen and oxygen atoms in total. The molecule has 1 N–H and O–H groups in total. The standard InChI is InChI=1S/C12H17ClOS/c1-3-15-8-11(14)7-10-4-5-12(13)9(2)6-10/h4-6,11,14H,3,7-8H2,1-2H3. The topological polar surface area (TPSA) is 20.2 Å². The smallest absolute Gasteiger partial charge is 0.0670 e. The van der Waals surface area contributed by atoms with E-state index in [9.17, 15) is 5.11 Å². The van der Waals surface area contributed by atoms with E-state index in [0.717, 1.165) is 27.7 Å². The van der Waals surface area contributed by atoms with Gasteiger partial charge in [-0.2, -0.15) is 11.8 Å². The van der Waals surface area contributed by atoms with Crippen molar-refractivity contribution in [3.05, 3.63) is 34.3 Å². The second-order valence-electron chi connectivity index (χ2n) is 3.60. The van der Waals surface area contributed by atoms with Crippen LogP contribution in [-0.4, -0.2) is 22.7 Å². The first-order valence-corrected chi connectivity index (χ1v) is 6.67. The van der Waals surface area contributed by atoms with Crippen LogP contribution in [0, 0.1) is 6.92 Å². The molecule has 3 heteroatoms. The molecule has 0 spiro atoms. The van der Waals surface area contributed by atoms with Crippen molar-refractivity contribution in [3.8, 4) is 0 Å². The highest BCUT2D eigenvalue weighted by Crippen LogP contribution is 2.17. The van der Waals surface area contributed by atoms with E-state index in [0.29, 0.717) is 6.42 Å². The van der Waals surface area contributed by atoms with Crippen LogP contribution in [0.1, 0.15) is 18.1 Å². The Labute approximate surface area is 101 Å². The van der Waals surface area contributed by atoms with Crippen LogP contribution in [0.2, 0.25) is 5.02 Å². The predicted octanol–water partition coefficient (Wildman–Crippen LogP) is 3.30. The minimum Gasteiger partial charge on any atom is -0.392 e. The molecule has 0 saturated carbocycles. The van der Waals surface area contributed by atoms with Gasteiger partial charge >= 0.3 is 0 Å². The minimum atomic E-state index is -0.254. The molecule has 0 heterocycles. The Hall–Kier alpha value is -0.180. The van der Waals surface area contributed by atoms with E-state index in [1.54, 1.807) is 11.8 Å². The Morgan fingerprint density at radius 2 is 2.20 bits per heavy atom. The molecule has 1 rings (SSSR count). The Balaban J connectivity index is 2.53. The van der Waals surface area contributed by atoms with Crippen molar-refractivity contribution in [3.63, 3.8) is 0 Å². The molecular weight excluding hydrogens is 228 g/mol. The molecule has 0 aromatic heterocycles. The van der Waals surface area contributed by atoms with Crippen molar-refractivity contribution in [2.45, 2.75) is 26.4 Å². The van der Waals surface area contributed by atoms with Gasteiger partial charge in [0.1, 0.15) is 0 Å². The normalized spacial score (nSPS) is 12.8. The molecule has 0 aliphatic rings. The summed E-state index contributed by atoms with van der Waals surface area (Å²) in [6.45, 7) is 4.09. The van der Waals surface area contributed by atoms with Crippen LogP contribution >= 0.6 is 23.4 Å². The first-order chi connectivity index (χ1) is 7.13. The molecule has 0 amide bonds. The average molecular weight is 245 g/mol. The Bertz CT molecular complexity index is 314. The molecule has 0 saturated heterocycles. The Morgan fingerprint density at radius 1 is 1.47 bits per heavy atom. The van der Waals surface area contributed by atoms with E-state index in [1.807, 2.05) is 25.1 Å². The van der Waals surface area contributed by atoms with Crippen molar-refractivity contribution >= 4 is 23.4 Å². The largest absolute Gasteiger partial charge is 0.392 e. The number of benzene rings is 1. The van der Waals surface area contributed by atoms with Gasteiger partial charge in [0.25, 0.3) is 0 Å². The van der Waals surface area contributed by atoms with Crippen LogP contribution in [0.15, 0.2) is 18.2 Å². The van der Waals surface area contributed by atoms with Crippen LogP contribution in [-0.2, 0) is 6.42 Å². The summed E-state index contributed by atoms with van der Waals surface area (Å²) in [5.41, 5.74) is 2.23. The number of hydrogen-bond donors (Lipinski definition) is 1. The summed E-state index contributed by atoms with van der Waals surface area (Å²) >= 11 is 7.70. The molecule has 0 radical (unpaired) electrons. The number of aliphatic hydroxyl groups excluding tert-OH is 1. The lowest BCUT2D eigenvalue weighted by atomic mass is 10.1. The third-order valence-electron chi connectivity index (χ3n) is 2.21. The third-order valence-corrected chi connectivity index (χ3v) is 3.66. The maximum Gasteiger partial charge on any atom is 0.0670 e. The van der Waals surface area contributed by atoms with Crippen LogP contribution in [0.25, 0.3) is 0 Å². The van der Waals surface area contributed by atoms with Crippen LogP contribution < -0.4 is 0 Å². The lowest BCUT2D eigenvalue weighted by molar-refractivity contribution is 0.200. The number of hydrogen-bond acceptors (Lipinski definition) is 2. The fourth-order valence-corrected chi connectivity index (χ4v) is 2.16. The lowest BCUT2D eigenvalue weighted by Gasteiger charge is -2.10. The molecule has 0 aliphatic carbocycles. The number of thioether (sulfide) groups is 1. The second-order valence-corrected chi connectivity index (χ2v) is 5.33. The fraction of sp³-hybridized carbons (Fsp3) is 0.500. The predicted molar refractivity (Wildman–Crippen MR) is 68.9 cm³/mol. The summed E-state index contributed by atoms with van der Waals surface area (Å²) in [7, 11) is 0. The fourth-order valence-electron chi connectivity index (χ4n) is 1.42. The molecule has 15 heavy (non-hydrogen) atoms. The van der Waals surface area contributed by atoms with E-state index >= 15 is 0 Å². The summed E-state index contributed by atoms with van der Waals surface area (Å²) in [4.78, 5) is 0. The van der Waals surface area contributed by atoms with Crippen molar-refractivity contribution in [1.29, 1.82) is 0 Å². The van der Waals surface area contributed by atoms with Gasteiger partial charge in [-0.3, -0.25) is 0 Å². The molecule has 0 bridgehead atoms. The van der Waals surface area contributed by atoms with Crippen LogP contribution in [0.5, 0.6) is 0 Å². The van der Waals surface area contributed by atoms with Gasteiger partial charge < -0.3 is 5.11 Å². The van der Waals surface area contributed by atoms with Crippen molar-refractivity contribution in [1.82, 2.24) is 0 Å². The maximum absolute atomic E-state index is 9.74. The zero-order chi connectivity index (χ0) is 11.3.